The van der Waals surface area contributed by atoms with E-state index < -0.39 is 26.4 Å². The van der Waals surface area contributed by atoms with Gasteiger partial charge in [-0.05, 0) is 11.0 Å². The summed E-state index contributed by atoms with van der Waals surface area (Å²) >= 11 is 0. The average Bonchev–Trinajstić information content (AvgIpc) is 2.33. The SMILES string of the molecule is CC(C)(C)C1OS(=O)(=O)[C@@]1([C]=O)Cc1ccccc1. The number of benzene rings is 1. The van der Waals surface area contributed by atoms with Gasteiger partial charge in [0.05, 0.1) is 0 Å². The number of rotatable bonds is 3. The molecule has 0 N–H and O–H groups in total. The molecule has 0 aromatic heterocycles. The third-order valence-electron chi connectivity index (χ3n) is 3.36. The maximum absolute atomic E-state index is 11.9. The van der Waals surface area contributed by atoms with Crippen molar-refractivity contribution in [3.05, 3.63) is 35.9 Å². The van der Waals surface area contributed by atoms with E-state index in [4.69, 9.17) is 4.18 Å². The highest BCUT2D eigenvalue weighted by Gasteiger charge is 2.66. The van der Waals surface area contributed by atoms with Crippen LogP contribution in [-0.4, -0.2) is 25.6 Å². The van der Waals surface area contributed by atoms with Gasteiger partial charge in [-0.1, -0.05) is 51.1 Å². The van der Waals surface area contributed by atoms with Gasteiger partial charge in [0.1, 0.15) is 6.10 Å². The zero-order chi connectivity index (χ0) is 14.3. The summed E-state index contributed by atoms with van der Waals surface area (Å²) in [6.45, 7) is 5.55. The van der Waals surface area contributed by atoms with Crippen LogP contribution in [0.2, 0.25) is 0 Å². The summed E-state index contributed by atoms with van der Waals surface area (Å²) < 4.78 is 27.3. The van der Waals surface area contributed by atoms with E-state index in [9.17, 15) is 13.2 Å². The third kappa shape index (κ3) is 2.21. The fraction of sp³-hybridized carbons (Fsp3) is 0.500. The Balaban J connectivity index is 2.42. The molecule has 2 rings (SSSR count). The normalized spacial score (nSPS) is 29.5. The van der Waals surface area contributed by atoms with Crippen LogP contribution in [0.4, 0.5) is 0 Å². The van der Waals surface area contributed by atoms with Crippen molar-refractivity contribution >= 4 is 16.4 Å². The van der Waals surface area contributed by atoms with Gasteiger partial charge in [-0.15, -0.1) is 0 Å². The Morgan fingerprint density at radius 3 is 2.26 bits per heavy atom. The lowest BCUT2D eigenvalue weighted by Crippen LogP contribution is -2.68. The molecule has 0 amide bonds. The summed E-state index contributed by atoms with van der Waals surface area (Å²) in [6, 6.07) is 9.06. The lowest BCUT2D eigenvalue weighted by Gasteiger charge is -2.49. The molecule has 5 heteroatoms. The second kappa shape index (κ2) is 4.42. The van der Waals surface area contributed by atoms with E-state index in [2.05, 4.69) is 0 Å². The van der Waals surface area contributed by atoms with Gasteiger partial charge in [0, 0.05) is 6.42 Å². The van der Waals surface area contributed by atoms with Crippen LogP contribution in [0, 0.1) is 5.41 Å². The predicted molar refractivity (Wildman–Crippen MR) is 71.8 cm³/mol. The van der Waals surface area contributed by atoms with Gasteiger partial charge >= 0.3 is 0 Å². The molecule has 0 aliphatic carbocycles. The van der Waals surface area contributed by atoms with Crippen LogP contribution in [-0.2, 0) is 25.5 Å². The van der Waals surface area contributed by atoms with Crippen LogP contribution in [0.5, 0.6) is 0 Å². The molecule has 2 atom stereocenters. The molecule has 1 heterocycles. The molecule has 1 aromatic carbocycles. The van der Waals surface area contributed by atoms with E-state index in [0.717, 1.165) is 5.56 Å². The van der Waals surface area contributed by atoms with Gasteiger partial charge in [0.15, 0.2) is 4.75 Å². The minimum atomic E-state index is -3.89. The molecule has 1 fully saturated rings. The average molecular weight is 281 g/mol. The fourth-order valence-corrected chi connectivity index (χ4v) is 4.29. The Morgan fingerprint density at radius 2 is 1.84 bits per heavy atom. The first-order valence-corrected chi connectivity index (χ1v) is 7.50. The van der Waals surface area contributed by atoms with Crippen molar-refractivity contribution in [2.75, 3.05) is 0 Å². The Labute approximate surface area is 113 Å². The Hall–Kier alpha value is -1.20. The summed E-state index contributed by atoms with van der Waals surface area (Å²) in [5.74, 6) is 0. The first-order chi connectivity index (χ1) is 8.73. The van der Waals surface area contributed by atoms with E-state index in [1.54, 1.807) is 18.4 Å². The zero-order valence-corrected chi connectivity index (χ0v) is 12.0. The Morgan fingerprint density at radius 1 is 1.26 bits per heavy atom. The largest absolute Gasteiger partial charge is 0.289 e. The molecule has 1 saturated heterocycles. The molecule has 1 aromatic rings. The number of carbonyl (C=O) groups excluding carboxylic acids is 1. The number of hydrogen-bond acceptors (Lipinski definition) is 4. The lowest BCUT2D eigenvalue weighted by atomic mass is 9.78. The van der Waals surface area contributed by atoms with Gasteiger partial charge in [-0.25, -0.2) is 0 Å². The second-order valence-electron chi connectivity index (χ2n) is 5.95. The van der Waals surface area contributed by atoms with Crippen LogP contribution in [0.25, 0.3) is 0 Å². The fourth-order valence-electron chi connectivity index (χ4n) is 2.44. The monoisotopic (exact) mass is 281 g/mol. The molecule has 19 heavy (non-hydrogen) atoms. The van der Waals surface area contributed by atoms with Gasteiger partial charge in [0.25, 0.3) is 10.1 Å². The first-order valence-electron chi connectivity index (χ1n) is 6.09. The van der Waals surface area contributed by atoms with Crippen molar-refractivity contribution in [2.45, 2.75) is 38.0 Å². The first kappa shape index (κ1) is 14.2. The van der Waals surface area contributed by atoms with Crippen molar-refractivity contribution < 1.29 is 17.4 Å². The highest BCUT2D eigenvalue weighted by Crippen LogP contribution is 2.47. The van der Waals surface area contributed by atoms with Crippen molar-refractivity contribution in [3.63, 3.8) is 0 Å². The number of hydrogen-bond donors (Lipinski definition) is 0. The summed E-state index contributed by atoms with van der Waals surface area (Å²) in [7, 11) is -3.89. The van der Waals surface area contributed by atoms with Crippen molar-refractivity contribution in [1.29, 1.82) is 0 Å². The topological polar surface area (TPSA) is 60.4 Å². The minimum Gasteiger partial charge on any atom is -0.289 e. The van der Waals surface area contributed by atoms with Crippen LogP contribution in [0.3, 0.4) is 0 Å². The van der Waals surface area contributed by atoms with Crippen molar-refractivity contribution in [3.8, 4) is 0 Å². The van der Waals surface area contributed by atoms with Gasteiger partial charge in [-0.3, -0.25) is 8.98 Å². The van der Waals surface area contributed by atoms with Crippen LogP contribution in [0.1, 0.15) is 26.3 Å². The molecule has 1 aliphatic rings. The predicted octanol–water partition coefficient (Wildman–Crippen LogP) is 1.85. The van der Waals surface area contributed by atoms with Gasteiger partial charge in [0.2, 0.25) is 6.29 Å². The van der Waals surface area contributed by atoms with E-state index >= 15 is 0 Å². The maximum atomic E-state index is 11.9. The minimum absolute atomic E-state index is 0.0988. The molecule has 0 saturated carbocycles. The lowest BCUT2D eigenvalue weighted by molar-refractivity contribution is 0.0199. The van der Waals surface area contributed by atoms with Crippen molar-refractivity contribution in [1.82, 2.24) is 0 Å². The summed E-state index contributed by atoms with van der Waals surface area (Å²) in [5.41, 5.74) is 0.337. The summed E-state index contributed by atoms with van der Waals surface area (Å²) in [5, 5.41) is 0. The Kier molecular flexibility index (Phi) is 3.31. The third-order valence-corrected chi connectivity index (χ3v) is 5.14. The van der Waals surface area contributed by atoms with Gasteiger partial charge in [-0.2, -0.15) is 8.42 Å². The van der Waals surface area contributed by atoms with Crippen LogP contribution >= 0.6 is 0 Å². The highest BCUT2D eigenvalue weighted by molar-refractivity contribution is 7.90. The molecular formula is C14H17O4S. The second-order valence-corrected chi connectivity index (χ2v) is 7.78. The molecule has 0 spiro atoms. The van der Waals surface area contributed by atoms with Crippen LogP contribution < -0.4 is 0 Å². The zero-order valence-electron chi connectivity index (χ0n) is 11.2. The molecule has 0 bridgehead atoms. The van der Waals surface area contributed by atoms with E-state index in [0.29, 0.717) is 0 Å². The van der Waals surface area contributed by atoms with E-state index in [1.807, 2.05) is 39.0 Å². The molecule has 4 nitrogen and oxygen atoms in total. The maximum Gasteiger partial charge on any atom is 0.284 e. The smallest absolute Gasteiger partial charge is 0.284 e. The van der Waals surface area contributed by atoms with Crippen molar-refractivity contribution in [2.24, 2.45) is 5.41 Å². The quantitative estimate of drug-likeness (QED) is 0.793. The van der Waals surface area contributed by atoms with E-state index in [1.165, 1.54) is 0 Å². The summed E-state index contributed by atoms with van der Waals surface area (Å²) in [6.07, 6.45) is 1.17. The standard InChI is InChI=1S/C14H17O4S/c1-13(2,3)12-14(10-15,19(16,17)18-12)9-11-7-5-4-6-8-11/h4-8,12H,9H2,1-3H3/t12?,14-/m1/s1. The van der Waals surface area contributed by atoms with E-state index in [-0.39, 0.29) is 6.42 Å². The van der Waals surface area contributed by atoms with Gasteiger partial charge < -0.3 is 0 Å². The summed E-state index contributed by atoms with van der Waals surface area (Å²) in [4.78, 5) is 11.4. The molecule has 1 unspecified atom stereocenters. The molecule has 1 radical (unpaired) electrons. The molecule has 1 aliphatic heterocycles. The molecular weight excluding hydrogens is 264 g/mol. The Bertz CT molecular complexity index is 571. The highest BCUT2D eigenvalue weighted by atomic mass is 32.2. The van der Waals surface area contributed by atoms with Crippen LogP contribution in [0.15, 0.2) is 30.3 Å². The molecule has 103 valence electrons.